The Labute approximate surface area is 137 Å². The van der Waals surface area contributed by atoms with Gasteiger partial charge < -0.3 is 16.0 Å². The third-order valence-electron chi connectivity index (χ3n) is 3.03. The fourth-order valence-corrected chi connectivity index (χ4v) is 1.98. The quantitative estimate of drug-likeness (QED) is 0.409. The molecule has 1 aromatic carbocycles. The van der Waals surface area contributed by atoms with E-state index < -0.39 is 0 Å². The van der Waals surface area contributed by atoms with Crippen molar-refractivity contribution < 1.29 is 4.79 Å². The average molecular weight is 322 g/mol. The largest absolute Gasteiger partial charge is 0.356 e. The number of amides is 1. The summed E-state index contributed by atoms with van der Waals surface area (Å²) in [6.07, 6.45) is 2.08. The van der Waals surface area contributed by atoms with Gasteiger partial charge in [-0.05, 0) is 24.0 Å². The molecule has 6 heteroatoms. The maximum atomic E-state index is 11.6. The summed E-state index contributed by atoms with van der Waals surface area (Å²) in [6.45, 7) is 5.34. The fourth-order valence-electron chi connectivity index (χ4n) is 1.67. The first-order valence-electron chi connectivity index (χ1n) is 7.40. The molecule has 0 unspecified atom stereocenters. The van der Waals surface area contributed by atoms with Gasteiger partial charge in [0, 0.05) is 37.5 Å². The molecule has 0 atom stereocenters. The number of rotatable bonds is 7. The lowest BCUT2D eigenvalue weighted by molar-refractivity contribution is -0.118. The van der Waals surface area contributed by atoms with Gasteiger partial charge in [-0.2, -0.15) is 11.8 Å². The molecule has 0 saturated carbocycles. The molecular formula is C16H26N4OS. The van der Waals surface area contributed by atoms with E-state index in [1.54, 1.807) is 18.8 Å². The lowest BCUT2D eigenvalue weighted by Crippen LogP contribution is -2.37. The standard InChI is InChI=1S/C16H26N4OS/c1-12(2)15(21)20-14-7-5-13(6-8-14)11-19-16(17-3)18-9-10-22-4/h5-8,12H,9-11H2,1-4H3,(H,20,21)(H2,17,18,19). The highest BCUT2D eigenvalue weighted by Crippen LogP contribution is 2.10. The SMILES string of the molecule is CN=C(NCCSC)NCc1ccc(NC(=O)C(C)C)cc1. The van der Waals surface area contributed by atoms with Crippen molar-refractivity contribution in [2.45, 2.75) is 20.4 Å². The third kappa shape index (κ3) is 6.85. The van der Waals surface area contributed by atoms with Crippen molar-refractivity contribution in [1.82, 2.24) is 10.6 Å². The van der Waals surface area contributed by atoms with E-state index in [0.29, 0.717) is 6.54 Å². The lowest BCUT2D eigenvalue weighted by atomic mass is 10.1. The number of hydrogen-bond donors (Lipinski definition) is 3. The molecule has 3 N–H and O–H groups in total. The predicted octanol–water partition coefficient (Wildman–Crippen LogP) is 2.31. The minimum absolute atomic E-state index is 0.0166. The summed E-state index contributed by atoms with van der Waals surface area (Å²) < 4.78 is 0. The number of nitrogens with zero attached hydrogens (tertiary/aromatic N) is 1. The van der Waals surface area contributed by atoms with E-state index >= 15 is 0 Å². The molecule has 22 heavy (non-hydrogen) atoms. The summed E-state index contributed by atoms with van der Waals surface area (Å²) in [5.74, 6) is 1.86. The topological polar surface area (TPSA) is 65.5 Å². The molecule has 0 aliphatic heterocycles. The minimum Gasteiger partial charge on any atom is -0.356 e. The predicted molar refractivity (Wildman–Crippen MR) is 96.5 cm³/mol. The first-order chi connectivity index (χ1) is 10.6. The van der Waals surface area contributed by atoms with E-state index in [1.807, 2.05) is 38.1 Å². The van der Waals surface area contributed by atoms with Crippen LogP contribution in [-0.4, -0.2) is 37.5 Å². The number of anilines is 1. The molecule has 1 rings (SSSR count). The summed E-state index contributed by atoms with van der Waals surface area (Å²) in [5.41, 5.74) is 1.96. The van der Waals surface area contributed by atoms with Crippen LogP contribution in [0.2, 0.25) is 0 Å². The summed E-state index contributed by atoms with van der Waals surface area (Å²) in [5, 5.41) is 9.40. The Morgan fingerprint density at radius 3 is 2.45 bits per heavy atom. The maximum absolute atomic E-state index is 11.6. The van der Waals surface area contributed by atoms with Crippen LogP contribution in [0.25, 0.3) is 0 Å². The van der Waals surface area contributed by atoms with E-state index in [2.05, 4.69) is 27.2 Å². The molecule has 0 radical (unpaired) electrons. The summed E-state index contributed by atoms with van der Waals surface area (Å²) in [4.78, 5) is 15.8. The Hall–Kier alpha value is -1.69. The second-order valence-electron chi connectivity index (χ2n) is 5.19. The van der Waals surface area contributed by atoms with E-state index in [4.69, 9.17) is 0 Å². The van der Waals surface area contributed by atoms with Crippen LogP contribution in [0.5, 0.6) is 0 Å². The van der Waals surface area contributed by atoms with Gasteiger partial charge in [-0.15, -0.1) is 0 Å². The van der Waals surface area contributed by atoms with Gasteiger partial charge >= 0.3 is 0 Å². The Bertz CT molecular complexity index is 485. The smallest absolute Gasteiger partial charge is 0.226 e. The Morgan fingerprint density at radius 2 is 1.91 bits per heavy atom. The van der Waals surface area contributed by atoms with Crippen molar-refractivity contribution in [3.8, 4) is 0 Å². The van der Waals surface area contributed by atoms with Gasteiger partial charge in [0.2, 0.25) is 5.91 Å². The van der Waals surface area contributed by atoms with Crippen molar-refractivity contribution >= 4 is 29.3 Å². The van der Waals surface area contributed by atoms with Gasteiger partial charge in [0.25, 0.3) is 0 Å². The Morgan fingerprint density at radius 1 is 1.23 bits per heavy atom. The zero-order valence-electron chi connectivity index (χ0n) is 13.8. The van der Waals surface area contributed by atoms with Crippen molar-refractivity contribution in [3.05, 3.63) is 29.8 Å². The minimum atomic E-state index is -0.0166. The monoisotopic (exact) mass is 322 g/mol. The third-order valence-corrected chi connectivity index (χ3v) is 3.64. The van der Waals surface area contributed by atoms with E-state index in [9.17, 15) is 4.79 Å². The number of guanidine groups is 1. The van der Waals surface area contributed by atoms with Crippen molar-refractivity contribution in [2.75, 3.05) is 30.9 Å². The highest BCUT2D eigenvalue weighted by atomic mass is 32.2. The van der Waals surface area contributed by atoms with E-state index in [-0.39, 0.29) is 11.8 Å². The molecule has 122 valence electrons. The second kappa shape index (κ2) is 10.1. The van der Waals surface area contributed by atoms with Crippen molar-refractivity contribution in [3.63, 3.8) is 0 Å². The molecule has 0 aliphatic rings. The van der Waals surface area contributed by atoms with Crippen LogP contribution in [-0.2, 0) is 11.3 Å². The van der Waals surface area contributed by atoms with Crippen LogP contribution >= 0.6 is 11.8 Å². The van der Waals surface area contributed by atoms with Crippen LogP contribution in [0.3, 0.4) is 0 Å². The number of aliphatic imine (C=N–C) groups is 1. The van der Waals surface area contributed by atoms with Crippen LogP contribution in [0.15, 0.2) is 29.3 Å². The number of hydrogen-bond acceptors (Lipinski definition) is 3. The fraction of sp³-hybridized carbons (Fsp3) is 0.500. The second-order valence-corrected chi connectivity index (χ2v) is 6.17. The molecule has 0 fully saturated rings. The highest BCUT2D eigenvalue weighted by Gasteiger charge is 2.06. The van der Waals surface area contributed by atoms with Crippen molar-refractivity contribution in [2.24, 2.45) is 10.9 Å². The van der Waals surface area contributed by atoms with E-state index in [1.165, 1.54) is 0 Å². The van der Waals surface area contributed by atoms with Crippen LogP contribution in [0.4, 0.5) is 5.69 Å². The molecule has 0 aromatic heterocycles. The van der Waals surface area contributed by atoms with Crippen LogP contribution in [0.1, 0.15) is 19.4 Å². The van der Waals surface area contributed by atoms with Crippen molar-refractivity contribution in [1.29, 1.82) is 0 Å². The number of thioether (sulfide) groups is 1. The zero-order chi connectivity index (χ0) is 16.4. The molecule has 0 heterocycles. The molecule has 0 spiro atoms. The Kier molecular flexibility index (Phi) is 8.43. The molecule has 0 aliphatic carbocycles. The summed E-state index contributed by atoms with van der Waals surface area (Å²) in [6, 6.07) is 7.83. The molecular weight excluding hydrogens is 296 g/mol. The summed E-state index contributed by atoms with van der Waals surface area (Å²) >= 11 is 1.80. The van der Waals surface area contributed by atoms with Gasteiger partial charge in [-0.3, -0.25) is 9.79 Å². The molecule has 0 saturated heterocycles. The number of nitrogens with one attached hydrogen (secondary N) is 3. The molecule has 0 bridgehead atoms. The van der Waals surface area contributed by atoms with Gasteiger partial charge in [-0.25, -0.2) is 0 Å². The lowest BCUT2D eigenvalue weighted by Gasteiger charge is -2.12. The molecule has 1 amide bonds. The first kappa shape index (κ1) is 18.4. The highest BCUT2D eigenvalue weighted by molar-refractivity contribution is 7.98. The average Bonchev–Trinajstić information content (AvgIpc) is 2.52. The maximum Gasteiger partial charge on any atom is 0.226 e. The van der Waals surface area contributed by atoms with Crippen LogP contribution < -0.4 is 16.0 Å². The zero-order valence-corrected chi connectivity index (χ0v) is 14.6. The molecule has 1 aromatic rings. The Balaban J connectivity index is 2.45. The van der Waals surface area contributed by atoms with Gasteiger partial charge in [0.1, 0.15) is 0 Å². The molecule has 5 nitrogen and oxygen atoms in total. The van der Waals surface area contributed by atoms with Gasteiger partial charge in [0.05, 0.1) is 0 Å². The summed E-state index contributed by atoms with van der Waals surface area (Å²) in [7, 11) is 1.76. The number of carbonyl (C=O) groups is 1. The number of carbonyl (C=O) groups excluding carboxylic acids is 1. The van der Waals surface area contributed by atoms with Crippen LogP contribution in [0, 0.1) is 5.92 Å². The normalized spacial score (nSPS) is 11.4. The van der Waals surface area contributed by atoms with Gasteiger partial charge in [0.15, 0.2) is 5.96 Å². The first-order valence-corrected chi connectivity index (χ1v) is 8.79. The van der Waals surface area contributed by atoms with Gasteiger partial charge in [-0.1, -0.05) is 26.0 Å². The number of benzene rings is 1. The van der Waals surface area contributed by atoms with E-state index in [0.717, 1.165) is 29.5 Å².